The number of halogens is 2. The Balaban J connectivity index is 2.33. The molecule has 6 heteroatoms. The predicted molar refractivity (Wildman–Crippen MR) is 69.6 cm³/mol. The first-order chi connectivity index (χ1) is 8.52. The van der Waals surface area contributed by atoms with Crippen LogP contribution in [0.4, 0.5) is 8.78 Å². The van der Waals surface area contributed by atoms with Crippen LogP contribution in [0.25, 0.3) is 0 Å². The summed E-state index contributed by atoms with van der Waals surface area (Å²) in [6, 6.07) is 0.215. The Morgan fingerprint density at radius 1 is 1.39 bits per heavy atom. The Bertz CT molecular complexity index is 338. The van der Waals surface area contributed by atoms with Crippen molar-refractivity contribution in [2.24, 2.45) is 0 Å². The first kappa shape index (κ1) is 15.5. The second-order valence-corrected chi connectivity index (χ2v) is 5.48. The SMILES string of the molecule is CNC(CCOCC(F)F)Cc1nc(C)c(C)s1. The average Bonchev–Trinajstić information content (AvgIpc) is 2.62. The molecule has 0 aliphatic heterocycles. The van der Waals surface area contributed by atoms with E-state index in [-0.39, 0.29) is 6.04 Å². The average molecular weight is 278 g/mol. The van der Waals surface area contributed by atoms with Gasteiger partial charge in [-0.15, -0.1) is 11.3 Å². The van der Waals surface area contributed by atoms with Crippen LogP contribution < -0.4 is 5.32 Å². The van der Waals surface area contributed by atoms with Gasteiger partial charge in [-0.3, -0.25) is 0 Å². The Morgan fingerprint density at radius 2 is 2.11 bits per heavy atom. The molecule has 0 spiro atoms. The standard InChI is InChI=1S/C12H20F2N2OS/c1-8-9(2)18-12(16-8)6-10(15-3)4-5-17-7-11(13)14/h10-11,15H,4-7H2,1-3H3. The van der Waals surface area contributed by atoms with Gasteiger partial charge in [0.05, 0.1) is 10.7 Å². The van der Waals surface area contributed by atoms with Gasteiger partial charge >= 0.3 is 0 Å². The number of hydrogen-bond acceptors (Lipinski definition) is 4. The fraction of sp³-hybridized carbons (Fsp3) is 0.750. The first-order valence-electron chi connectivity index (χ1n) is 5.99. The third kappa shape index (κ3) is 5.37. The van der Waals surface area contributed by atoms with Crippen LogP contribution in [-0.2, 0) is 11.2 Å². The quantitative estimate of drug-likeness (QED) is 0.742. The first-order valence-corrected chi connectivity index (χ1v) is 6.80. The molecule has 1 N–H and O–H groups in total. The smallest absolute Gasteiger partial charge is 0.261 e. The maximum absolute atomic E-state index is 11.9. The molecular formula is C12H20F2N2OS. The van der Waals surface area contributed by atoms with Gasteiger partial charge in [-0.1, -0.05) is 0 Å². The van der Waals surface area contributed by atoms with Crippen molar-refractivity contribution in [1.29, 1.82) is 0 Å². The van der Waals surface area contributed by atoms with Gasteiger partial charge in [-0.05, 0) is 27.3 Å². The summed E-state index contributed by atoms with van der Waals surface area (Å²) < 4.78 is 28.7. The summed E-state index contributed by atoms with van der Waals surface area (Å²) in [4.78, 5) is 5.70. The lowest BCUT2D eigenvalue weighted by molar-refractivity contribution is 0.0146. The van der Waals surface area contributed by atoms with E-state index in [4.69, 9.17) is 4.74 Å². The summed E-state index contributed by atoms with van der Waals surface area (Å²) in [6.07, 6.45) is -0.864. The van der Waals surface area contributed by atoms with E-state index >= 15 is 0 Å². The summed E-state index contributed by atoms with van der Waals surface area (Å²) >= 11 is 1.69. The van der Waals surface area contributed by atoms with Gasteiger partial charge in [0.25, 0.3) is 6.43 Å². The van der Waals surface area contributed by atoms with Crippen molar-refractivity contribution in [3.8, 4) is 0 Å². The number of nitrogens with zero attached hydrogens (tertiary/aromatic N) is 1. The van der Waals surface area contributed by atoms with Crippen LogP contribution in [-0.4, -0.2) is 37.7 Å². The Kier molecular flexibility index (Phi) is 6.67. The predicted octanol–water partition coefficient (Wildman–Crippen LogP) is 2.56. The van der Waals surface area contributed by atoms with Gasteiger partial charge in [-0.2, -0.15) is 0 Å². The number of aromatic nitrogens is 1. The molecule has 0 saturated heterocycles. The van der Waals surface area contributed by atoms with Crippen LogP contribution in [0.3, 0.4) is 0 Å². The maximum Gasteiger partial charge on any atom is 0.261 e. The van der Waals surface area contributed by atoms with E-state index in [1.807, 2.05) is 14.0 Å². The van der Waals surface area contributed by atoms with Crippen molar-refractivity contribution in [1.82, 2.24) is 10.3 Å². The lowest BCUT2D eigenvalue weighted by atomic mass is 10.1. The Hall–Kier alpha value is -0.590. The topological polar surface area (TPSA) is 34.1 Å². The zero-order chi connectivity index (χ0) is 13.5. The molecule has 0 saturated carbocycles. The van der Waals surface area contributed by atoms with Gasteiger partial charge in [0.1, 0.15) is 6.61 Å². The minimum atomic E-state index is -2.39. The van der Waals surface area contributed by atoms with Crippen LogP contribution in [0.1, 0.15) is 22.0 Å². The normalized spacial score (nSPS) is 13.2. The zero-order valence-corrected chi connectivity index (χ0v) is 11.8. The molecule has 0 bridgehead atoms. The summed E-state index contributed by atoms with van der Waals surface area (Å²) in [6.45, 7) is 3.91. The highest BCUT2D eigenvalue weighted by atomic mass is 32.1. The molecule has 1 heterocycles. The highest BCUT2D eigenvalue weighted by Gasteiger charge is 2.12. The van der Waals surface area contributed by atoms with Crippen molar-refractivity contribution in [2.45, 2.75) is 39.2 Å². The van der Waals surface area contributed by atoms with Crippen LogP contribution in [0, 0.1) is 13.8 Å². The van der Waals surface area contributed by atoms with E-state index < -0.39 is 13.0 Å². The number of thiazole rings is 1. The highest BCUT2D eigenvalue weighted by Crippen LogP contribution is 2.18. The molecule has 1 aromatic heterocycles. The molecule has 0 amide bonds. The lowest BCUT2D eigenvalue weighted by Gasteiger charge is -2.14. The fourth-order valence-electron chi connectivity index (χ4n) is 1.58. The van der Waals surface area contributed by atoms with Crippen molar-refractivity contribution >= 4 is 11.3 Å². The third-order valence-electron chi connectivity index (χ3n) is 2.76. The van der Waals surface area contributed by atoms with Crippen molar-refractivity contribution in [3.05, 3.63) is 15.6 Å². The number of aryl methyl sites for hydroxylation is 2. The third-order valence-corrected chi connectivity index (χ3v) is 3.85. The van der Waals surface area contributed by atoms with Gasteiger partial charge in [0.2, 0.25) is 0 Å². The van der Waals surface area contributed by atoms with Gasteiger partial charge in [0, 0.05) is 23.9 Å². The molecule has 104 valence electrons. The zero-order valence-electron chi connectivity index (χ0n) is 11.0. The summed E-state index contributed by atoms with van der Waals surface area (Å²) in [5.74, 6) is 0. The molecule has 0 aliphatic carbocycles. The summed E-state index contributed by atoms with van der Waals surface area (Å²) in [5, 5.41) is 4.25. The number of likely N-dealkylation sites (N-methyl/N-ethyl adjacent to an activating group) is 1. The highest BCUT2D eigenvalue weighted by molar-refractivity contribution is 7.11. The minimum absolute atomic E-state index is 0.215. The Labute approximate surface area is 111 Å². The maximum atomic E-state index is 11.9. The van der Waals surface area contributed by atoms with Gasteiger partial charge in [0.15, 0.2) is 0 Å². The van der Waals surface area contributed by atoms with Crippen LogP contribution >= 0.6 is 11.3 Å². The second kappa shape index (κ2) is 7.76. The van der Waals surface area contributed by atoms with Crippen molar-refractivity contribution < 1.29 is 13.5 Å². The molecule has 0 radical (unpaired) electrons. The Morgan fingerprint density at radius 3 is 2.61 bits per heavy atom. The summed E-state index contributed by atoms with van der Waals surface area (Å²) in [5.41, 5.74) is 1.07. The molecule has 0 fully saturated rings. The summed E-state index contributed by atoms with van der Waals surface area (Å²) in [7, 11) is 1.87. The molecule has 1 rings (SSSR count). The molecule has 1 aromatic rings. The molecule has 3 nitrogen and oxygen atoms in total. The molecular weight excluding hydrogens is 258 g/mol. The van der Waals surface area contributed by atoms with E-state index in [0.29, 0.717) is 13.0 Å². The number of nitrogens with one attached hydrogen (secondary N) is 1. The molecule has 0 aromatic carbocycles. The van der Waals surface area contributed by atoms with E-state index in [1.165, 1.54) is 4.88 Å². The largest absolute Gasteiger partial charge is 0.375 e. The number of ether oxygens (including phenoxy) is 1. The van der Waals surface area contributed by atoms with Crippen molar-refractivity contribution in [3.63, 3.8) is 0 Å². The van der Waals surface area contributed by atoms with Crippen LogP contribution in [0.2, 0.25) is 0 Å². The van der Waals surface area contributed by atoms with E-state index in [0.717, 1.165) is 17.1 Å². The van der Waals surface area contributed by atoms with E-state index in [9.17, 15) is 8.78 Å². The lowest BCUT2D eigenvalue weighted by Crippen LogP contribution is -2.29. The number of alkyl halides is 2. The minimum Gasteiger partial charge on any atom is -0.375 e. The number of rotatable bonds is 8. The van der Waals surface area contributed by atoms with Gasteiger partial charge in [-0.25, -0.2) is 13.8 Å². The fourth-order valence-corrected chi connectivity index (χ4v) is 2.60. The van der Waals surface area contributed by atoms with Crippen molar-refractivity contribution in [2.75, 3.05) is 20.3 Å². The van der Waals surface area contributed by atoms with Crippen LogP contribution in [0.5, 0.6) is 0 Å². The van der Waals surface area contributed by atoms with Gasteiger partial charge < -0.3 is 10.1 Å². The monoisotopic (exact) mass is 278 g/mol. The molecule has 0 aliphatic rings. The number of hydrogen-bond donors (Lipinski definition) is 1. The molecule has 1 atom stereocenters. The second-order valence-electron chi connectivity index (χ2n) is 4.19. The molecule has 18 heavy (non-hydrogen) atoms. The van der Waals surface area contributed by atoms with E-state index in [1.54, 1.807) is 11.3 Å². The molecule has 1 unspecified atom stereocenters. The van der Waals surface area contributed by atoms with E-state index in [2.05, 4.69) is 17.2 Å². The van der Waals surface area contributed by atoms with Crippen LogP contribution in [0.15, 0.2) is 0 Å².